The maximum Gasteiger partial charge on any atom is 0.320 e. The molecule has 0 aliphatic heterocycles. The van der Waals surface area contributed by atoms with Crippen LogP contribution in [0, 0.1) is 0 Å². The van der Waals surface area contributed by atoms with Crippen LogP contribution in [-0.4, -0.2) is 22.2 Å². The van der Waals surface area contributed by atoms with Gasteiger partial charge in [-0.1, -0.05) is 35.9 Å². The summed E-state index contributed by atoms with van der Waals surface area (Å²) in [4.78, 5) is 11.1. The van der Waals surface area contributed by atoms with E-state index in [0.717, 1.165) is 11.1 Å². The first kappa shape index (κ1) is 15.4. The van der Waals surface area contributed by atoms with Gasteiger partial charge in [0.25, 0.3) is 0 Å². The molecule has 5 heteroatoms. The number of benzene rings is 2. The number of nitrogens with one attached hydrogen (secondary N) is 1. The fourth-order valence-corrected chi connectivity index (χ4v) is 2.15. The normalized spacial score (nSPS) is 13.6. The van der Waals surface area contributed by atoms with E-state index in [-0.39, 0.29) is 11.8 Å². The highest BCUT2D eigenvalue weighted by atomic mass is 35.5. The molecule has 110 valence electrons. The molecule has 0 aromatic heterocycles. The molecule has 0 heterocycles. The van der Waals surface area contributed by atoms with Gasteiger partial charge in [-0.2, -0.15) is 0 Å². The number of carbonyl (C=O) groups is 1. The van der Waals surface area contributed by atoms with Crippen LogP contribution >= 0.6 is 11.6 Å². The summed E-state index contributed by atoms with van der Waals surface area (Å²) >= 11 is 5.89. The van der Waals surface area contributed by atoms with Crippen molar-refractivity contribution in [2.75, 3.05) is 0 Å². The van der Waals surface area contributed by atoms with Crippen molar-refractivity contribution in [2.24, 2.45) is 0 Å². The predicted molar refractivity (Wildman–Crippen MR) is 81.6 cm³/mol. The summed E-state index contributed by atoms with van der Waals surface area (Å²) in [7, 11) is 0. The topological polar surface area (TPSA) is 69.6 Å². The maximum absolute atomic E-state index is 11.1. The Bertz CT molecular complexity index is 565. The highest BCUT2D eigenvalue weighted by molar-refractivity contribution is 6.30. The molecular weight excluding hydrogens is 290 g/mol. The van der Waals surface area contributed by atoms with Crippen LogP contribution < -0.4 is 5.32 Å². The highest BCUT2D eigenvalue weighted by Crippen LogP contribution is 2.25. The SMILES string of the molecule is CC(NC(c1ccc(O)cc1)c1ccc(Cl)cc1)C(=O)O. The summed E-state index contributed by atoms with van der Waals surface area (Å²) in [6, 6.07) is 12.9. The van der Waals surface area contributed by atoms with Gasteiger partial charge >= 0.3 is 5.97 Å². The maximum atomic E-state index is 11.1. The molecule has 0 radical (unpaired) electrons. The number of halogens is 1. The van der Waals surface area contributed by atoms with Crippen molar-refractivity contribution in [1.29, 1.82) is 0 Å². The minimum atomic E-state index is -0.923. The molecule has 2 aromatic rings. The minimum absolute atomic E-state index is 0.167. The van der Waals surface area contributed by atoms with Gasteiger partial charge in [0.1, 0.15) is 11.8 Å². The third-order valence-corrected chi connectivity index (χ3v) is 3.47. The largest absolute Gasteiger partial charge is 0.508 e. The standard InChI is InChI=1S/C16H16ClNO3/c1-10(16(20)21)18-15(11-2-6-13(17)7-3-11)12-4-8-14(19)9-5-12/h2-10,15,18-19H,1H3,(H,20,21). The molecular formula is C16H16ClNO3. The van der Waals surface area contributed by atoms with Crippen LogP contribution in [0.15, 0.2) is 48.5 Å². The van der Waals surface area contributed by atoms with Gasteiger partial charge in [-0.25, -0.2) is 0 Å². The summed E-state index contributed by atoms with van der Waals surface area (Å²) in [5, 5.41) is 22.2. The monoisotopic (exact) mass is 305 g/mol. The van der Waals surface area contributed by atoms with Crippen molar-refractivity contribution in [1.82, 2.24) is 5.32 Å². The van der Waals surface area contributed by atoms with Gasteiger partial charge in [0.15, 0.2) is 0 Å². The van der Waals surface area contributed by atoms with Crippen molar-refractivity contribution >= 4 is 17.6 Å². The van der Waals surface area contributed by atoms with Crippen molar-refractivity contribution in [2.45, 2.75) is 19.0 Å². The quantitative estimate of drug-likeness (QED) is 0.793. The van der Waals surface area contributed by atoms with E-state index in [1.54, 1.807) is 43.3 Å². The third-order valence-electron chi connectivity index (χ3n) is 3.22. The summed E-state index contributed by atoms with van der Waals surface area (Å²) in [5.41, 5.74) is 1.77. The van der Waals surface area contributed by atoms with Crippen molar-refractivity contribution in [3.63, 3.8) is 0 Å². The molecule has 2 rings (SSSR count). The van der Waals surface area contributed by atoms with E-state index in [1.165, 1.54) is 0 Å². The van der Waals surface area contributed by atoms with Gasteiger partial charge in [-0.3, -0.25) is 10.1 Å². The molecule has 2 atom stereocenters. The molecule has 0 saturated heterocycles. The first-order valence-electron chi connectivity index (χ1n) is 6.50. The van der Waals surface area contributed by atoms with Crippen LogP contribution in [0.1, 0.15) is 24.1 Å². The fraction of sp³-hybridized carbons (Fsp3) is 0.188. The summed E-state index contributed by atoms with van der Waals surface area (Å²) in [6.07, 6.45) is 0. The first-order chi connectivity index (χ1) is 9.97. The molecule has 2 aromatic carbocycles. The molecule has 0 saturated carbocycles. The van der Waals surface area contributed by atoms with Gasteiger partial charge in [-0.15, -0.1) is 0 Å². The zero-order chi connectivity index (χ0) is 15.4. The number of carboxylic acid groups (broad SMARTS) is 1. The number of rotatable bonds is 5. The molecule has 0 spiro atoms. The molecule has 0 aliphatic rings. The van der Waals surface area contributed by atoms with Crippen molar-refractivity contribution < 1.29 is 15.0 Å². The van der Waals surface area contributed by atoms with Crippen LogP contribution in [0.25, 0.3) is 0 Å². The Labute approximate surface area is 128 Å². The summed E-state index contributed by atoms with van der Waals surface area (Å²) in [5.74, 6) is -0.757. The van der Waals surface area contributed by atoms with E-state index in [4.69, 9.17) is 16.7 Å². The van der Waals surface area contributed by atoms with Crippen LogP contribution in [-0.2, 0) is 4.79 Å². The highest BCUT2D eigenvalue weighted by Gasteiger charge is 2.20. The second kappa shape index (κ2) is 6.61. The fourth-order valence-electron chi connectivity index (χ4n) is 2.03. The Morgan fingerprint density at radius 3 is 2.00 bits per heavy atom. The van der Waals surface area contributed by atoms with Gasteiger partial charge < -0.3 is 10.2 Å². The average molecular weight is 306 g/mol. The van der Waals surface area contributed by atoms with Gasteiger partial charge in [0.05, 0.1) is 6.04 Å². The second-order valence-electron chi connectivity index (χ2n) is 4.80. The Kier molecular flexibility index (Phi) is 4.83. The lowest BCUT2D eigenvalue weighted by Crippen LogP contribution is -2.37. The smallest absolute Gasteiger partial charge is 0.320 e. The Hall–Kier alpha value is -2.04. The Morgan fingerprint density at radius 2 is 1.52 bits per heavy atom. The van der Waals surface area contributed by atoms with Gasteiger partial charge in [0.2, 0.25) is 0 Å². The first-order valence-corrected chi connectivity index (χ1v) is 6.88. The number of aromatic hydroxyl groups is 1. The third kappa shape index (κ3) is 3.97. The predicted octanol–water partition coefficient (Wildman–Crippen LogP) is 3.20. The van der Waals surface area contributed by atoms with E-state index in [0.29, 0.717) is 5.02 Å². The lowest BCUT2D eigenvalue weighted by atomic mass is 9.98. The molecule has 4 nitrogen and oxygen atoms in total. The Balaban J connectivity index is 2.36. The number of hydrogen-bond donors (Lipinski definition) is 3. The van der Waals surface area contributed by atoms with Crippen molar-refractivity contribution in [3.8, 4) is 5.75 Å². The Morgan fingerprint density at radius 1 is 1.05 bits per heavy atom. The lowest BCUT2D eigenvalue weighted by molar-refractivity contribution is -0.139. The number of phenolic OH excluding ortho intramolecular Hbond substituents is 1. The van der Waals surface area contributed by atoms with E-state index < -0.39 is 12.0 Å². The van der Waals surface area contributed by atoms with E-state index in [2.05, 4.69) is 5.32 Å². The molecule has 3 N–H and O–H groups in total. The molecule has 21 heavy (non-hydrogen) atoms. The van der Waals surface area contributed by atoms with E-state index in [9.17, 15) is 9.90 Å². The zero-order valence-electron chi connectivity index (χ0n) is 11.5. The second-order valence-corrected chi connectivity index (χ2v) is 5.24. The van der Waals surface area contributed by atoms with Gasteiger partial charge in [-0.05, 0) is 42.3 Å². The zero-order valence-corrected chi connectivity index (χ0v) is 12.2. The van der Waals surface area contributed by atoms with E-state index >= 15 is 0 Å². The number of carboxylic acids is 1. The number of phenols is 1. The van der Waals surface area contributed by atoms with Crippen molar-refractivity contribution in [3.05, 3.63) is 64.7 Å². The molecule has 0 bridgehead atoms. The average Bonchev–Trinajstić information content (AvgIpc) is 2.46. The molecule has 0 amide bonds. The minimum Gasteiger partial charge on any atom is -0.508 e. The van der Waals surface area contributed by atoms with Crippen LogP contribution in [0.4, 0.5) is 0 Å². The lowest BCUT2D eigenvalue weighted by Gasteiger charge is -2.22. The van der Waals surface area contributed by atoms with Crippen LogP contribution in [0.2, 0.25) is 5.02 Å². The molecule has 0 aliphatic carbocycles. The summed E-state index contributed by atoms with van der Waals surface area (Å²) in [6.45, 7) is 1.59. The summed E-state index contributed by atoms with van der Waals surface area (Å²) < 4.78 is 0. The van der Waals surface area contributed by atoms with Gasteiger partial charge in [0, 0.05) is 5.02 Å². The molecule has 2 unspecified atom stereocenters. The number of aliphatic carboxylic acids is 1. The van der Waals surface area contributed by atoms with Crippen LogP contribution in [0.5, 0.6) is 5.75 Å². The molecule has 0 fully saturated rings. The van der Waals surface area contributed by atoms with Crippen LogP contribution in [0.3, 0.4) is 0 Å². The number of hydrogen-bond acceptors (Lipinski definition) is 3. The van der Waals surface area contributed by atoms with E-state index in [1.807, 2.05) is 12.1 Å².